The van der Waals surface area contributed by atoms with E-state index in [2.05, 4.69) is 20.6 Å². The highest BCUT2D eigenvalue weighted by atomic mass is 16.3. The second kappa shape index (κ2) is 9.88. The van der Waals surface area contributed by atoms with Gasteiger partial charge in [0.1, 0.15) is 18.3 Å². The van der Waals surface area contributed by atoms with Crippen LogP contribution in [0.5, 0.6) is 0 Å². The van der Waals surface area contributed by atoms with Crippen molar-refractivity contribution in [3.05, 3.63) is 34.4 Å². The number of rotatable bonds is 8. The molecule has 5 N–H and O–H groups in total. The number of aromatic amines is 2. The van der Waals surface area contributed by atoms with Crippen molar-refractivity contribution in [1.29, 1.82) is 0 Å². The zero-order chi connectivity index (χ0) is 25.4. The van der Waals surface area contributed by atoms with Gasteiger partial charge in [-0.25, -0.2) is 0 Å². The molecule has 36 heavy (non-hydrogen) atoms. The maximum atomic E-state index is 13.6. The number of likely N-dealkylation sites (tertiary alicyclic amines) is 1. The van der Waals surface area contributed by atoms with Gasteiger partial charge in [0.25, 0.3) is 11.5 Å². The van der Waals surface area contributed by atoms with Crippen molar-refractivity contribution in [2.24, 2.45) is 17.8 Å². The molecule has 2 aromatic rings. The zero-order valence-electron chi connectivity index (χ0n) is 19.9. The summed E-state index contributed by atoms with van der Waals surface area (Å²) >= 11 is 0. The Morgan fingerprint density at radius 2 is 2.03 bits per heavy atom. The predicted octanol–water partition coefficient (Wildman–Crippen LogP) is 0.0594. The molecule has 4 heterocycles. The molecule has 0 spiro atoms. The van der Waals surface area contributed by atoms with E-state index in [-0.39, 0.29) is 47.2 Å². The number of carbonyl (C=O) groups is 4. The lowest BCUT2D eigenvalue weighted by atomic mass is 9.92. The molecule has 2 aromatic heterocycles. The van der Waals surface area contributed by atoms with E-state index < -0.39 is 30.4 Å². The quantitative estimate of drug-likeness (QED) is 0.346. The summed E-state index contributed by atoms with van der Waals surface area (Å²) < 4.78 is 0. The van der Waals surface area contributed by atoms with Gasteiger partial charge < -0.3 is 30.6 Å². The first-order valence-corrected chi connectivity index (χ1v) is 12.6. The minimum atomic E-state index is -0.931. The summed E-state index contributed by atoms with van der Waals surface area (Å²) in [7, 11) is 0. The molecular weight excluding hydrogens is 466 g/mol. The average molecular weight is 498 g/mol. The first kappa shape index (κ1) is 24.2. The summed E-state index contributed by atoms with van der Waals surface area (Å²) in [6, 6.07) is 1.49. The van der Waals surface area contributed by atoms with E-state index in [9.17, 15) is 29.1 Å². The van der Waals surface area contributed by atoms with E-state index in [0.29, 0.717) is 36.8 Å². The molecule has 11 heteroatoms. The van der Waals surface area contributed by atoms with Crippen molar-refractivity contribution in [2.45, 2.75) is 50.6 Å². The number of aliphatic hydroxyl groups excluding tert-OH is 1. The molecule has 2 aliphatic heterocycles. The van der Waals surface area contributed by atoms with E-state index in [4.69, 9.17) is 0 Å². The van der Waals surface area contributed by atoms with E-state index >= 15 is 0 Å². The Morgan fingerprint density at radius 3 is 2.75 bits per heavy atom. The minimum absolute atomic E-state index is 0.0211. The van der Waals surface area contributed by atoms with Crippen molar-refractivity contribution in [2.75, 3.05) is 19.7 Å². The number of Topliss-reactive ketones (excluding diaryl/α,β-unsaturated/α-hetero) is 1. The molecule has 3 amide bonds. The lowest BCUT2D eigenvalue weighted by Crippen LogP contribution is -2.53. The van der Waals surface area contributed by atoms with Crippen LogP contribution < -0.4 is 16.2 Å². The first-order chi connectivity index (χ1) is 17.4. The fourth-order valence-corrected chi connectivity index (χ4v) is 6.16. The van der Waals surface area contributed by atoms with Gasteiger partial charge in [0.15, 0.2) is 5.78 Å². The van der Waals surface area contributed by atoms with Gasteiger partial charge in [-0.2, -0.15) is 0 Å². The molecule has 2 saturated heterocycles. The molecule has 1 saturated carbocycles. The normalized spacial score (nSPS) is 26.1. The molecule has 0 radical (unpaired) electrons. The Hall–Kier alpha value is -3.47. The van der Waals surface area contributed by atoms with Crippen molar-refractivity contribution in [3.63, 3.8) is 0 Å². The number of ketones is 1. The fourth-order valence-electron chi connectivity index (χ4n) is 6.16. The third-order valence-corrected chi connectivity index (χ3v) is 8.04. The van der Waals surface area contributed by atoms with Gasteiger partial charge in [-0.3, -0.25) is 24.0 Å². The van der Waals surface area contributed by atoms with Gasteiger partial charge in [0.05, 0.1) is 16.9 Å². The maximum absolute atomic E-state index is 13.6. The standard InChI is InChI=1S/C25H31N5O6/c31-12-20(32)18(5-4-13-6-8-26-22(13)33)29-24(35)21-15-3-1-2-14(15)11-30(21)25(36)19-10-16-17(28-19)7-9-27-23(16)34/h7,9-10,13-15,18,21,28,31H,1-6,8,11-12H2,(H,26,33)(H,27,34)(H,29,35)/t13-,14+,15+,18+,21+/m1/s1. The molecule has 3 aliphatic rings. The van der Waals surface area contributed by atoms with Crippen LogP contribution >= 0.6 is 0 Å². The first-order valence-electron chi connectivity index (χ1n) is 12.6. The van der Waals surface area contributed by atoms with Gasteiger partial charge >= 0.3 is 0 Å². The summed E-state index contributed by atoms with van der Waals surface area (Å²) in [5.74, 6) is -1.42. The van der Waals surface area contributed by atoms with Crippen LogP contribution in [-0.2, 0) is 14.4 Å². The second-order valence-corrected chi connectivity index (χ2v) is 10.1. The van der Waals surface area contributed by atoms with Crippen LogP contribution in [0.25, 0.3) is 10.9 Å². The third-order valence-electron chi connectivity index (χ3n) is 8.04. The Bertz CT molecular complexity index is 1250. The average Bonchev–Trinajstić information content (AvgIpc) is 3.64. The van der Waals surface area contributed by atoms with E-state index in [1.165, 1.54) is 12.3 Å². The molecule has 5 atom stereocenters. The summed E-state index contributed by atoms with van der Waals surface area (Å²) in [6.45, 7) is 0.301. The van der Waals surface area contributed by atoms with Crippen LogP contribution in [0.3, 0.4) is 0 Å². The minimum Gasteiger partial charge on any atom is -0.389 e. The molecule has 3 fully saturated rings. The second-order valence-electron chi connectivity index (χ2n) is 10.1. The van der Waals surface area contributed by atoms with E-state index in [0.717, 1.165) is 19.3 Å². The van der Waals surface area contributed by atoms with Crippen molar-refractivity contribution < 1.29 is 24.3 Å². The van der Waals surface area contributed by atoms with Crippen LogP contribution in [0.1, 0.15) is 49.0 Å². The predicted molar refractivity (Wildman–Crippen MR) is 129 cm³/mol. The van der Waals surface area contributed by atoms with Gasteiger partial charge in [-0.05, 0) is 56.1 Å². The largest absolute Gasteiger partial charge is 0.389 e. The van der Waals surface area contributed by atoms with Gasteiger partial charge in [0.2, 0.25) is 11.8 Å². The number of carbonyl (C=O) groups excluding carboxylic acids is 4. The summed E-state index contributed by atoms with van der Waals surface area (Å²) in [5.41, 5.74) is 0.457. The zero-order valence-corrected chi connectivity index (χ0v) is 19.9. The van der Waals surface area contributed by atoms with Crippen LogP contribution in [0.15, 0.2) is 23.1 Å². The lowest BCUT2D eigenvalue weighted by Gasteiger charge is -2.28. The van der Waals surface area contributed by atoms with Gasteiger partial charge in [0, 0.05) is 25.2 Å². The topological polar surface area (TPSA) is 164 Å². The number of H-pyrrole nitrogens is 2. The Morgan fingerprint density at radius 1 is 1.19 bits per heavy atom. The smallest absolute Gasteiger partial charge is 0.271 e. The van der Waals surface area contributed by atoms with Crippen LogP contribution in [0, 0.1) is 17.8 Å². The molecule has 0 bridgehead atoms. The third kappa shape index (κ3) is 4.43. The van der Waals surface area contributed by atoms with Crippen molar-refractivity contribution in [3.8, 4) is 0 Å². The molecule has 0 unspecified atom stereocenters. The van der Waals surface area contributed by atoms with Crippen LogP contribution in [0.2, 0.25) is 0 Å². The number of nitrogens with one attached hydrogen (secondary N) is 4. The fraction of sp³-hybridized carbons (Fsp3) is 0.560. The number of nitrogens with zero attached hydrogens (tertiary/aromatic N) is 1. The Kier molecular flexibility index (Phi) is 6.65. The summed E-state index contributed by atoms with van der Waals surface area (Å²) in [6.07, 6.45) is 5.53. The molecule has 11 nitrogen and oxygen atoms in total. The van der Waals surface area contributed by atoms with E-state index in [1.807, 2.05) is 0 Å². The summed E-state index contributed by atoms with van der Waals surface area (Å²) in [4.78, 5) is 70.7. The highest BCUT2D eigenvalue weighted by Crippen LogP contribution is 2.43. The van der Waals surface area contributed by atoms with Crippen molar-refractivity contribution >= 4 is 34.4 Å². The molecule has 5 rings (SSSR count). The Labute approximate surface area is 207 Å². The molecule has 192 valence electrons. The Balaban J connectivity index is 1.36. The highest BCUT2D eigenvalue weighted by Gasteiger charge is 2.50. The number of aliphatic hydroxyl groups is 1. The number of aromatic nitrogens is 2. The van der Waals surface area contributed by atoms with Crippen LogP contribution in [-0.4, -0.2) is 75.3 Å². The van der Waals surface area contributed by atoms with Gasteiger partial charge in [-0.15, -0.1) is 0 Å². The maximum Gasteiger partial charge on any atom is 0.271 e. The number of hydrogen-bond acceptors (Lipinski definition) is 6. The molecule has 1 aliphatic carbocycles. The van der Waals surface area contributed by atoms with E-state index in [1.54, 1.807) is 11.0 Å². The number of hydrogen-bond donors (Lipinski definition) is 5. The molecule has 0 aromatic carbocycles. The van der Waals surface area contributed by atoms with Crippen molar-refractivity contribution in [1.82, 2.24) is 25.5 Å². The number of fused-ring (bicyclic) bond motifs is 2. The SMILES string of the molecule is O=C1NCC[C@H]1CC[C@H](NC(=O)[C@@H]1[C@H]2CCC[C@H]2CN1C(=O)c1cc2c(=O)[nH]ccc2[nH]1)C(=O)CO. The highest BCUT2D eigenvalue weighted by molar-refractivity contribution is 6.01. The lowest BCUT2D eigenvalue weighted by molar-refractivity contribution is -0.132. The number of pyridine rings is 1. The summed E-state index contributed by atoms with van der Waals surface area (Å²) in [5, 5.41) is 15.4. The monoisotopic (exact) mass is 497 g/mol. The number of amides is 3. The molecular formula is C25H31N5O6. The van der Waals surface area contributed by atoms with Gasteiger partial charge in [-0.1, -0.05) is 6.42 Å². The van der Waals surface area contributed by atoms with Crippen LogP contribution in [0.4, 0.5) is 0 Å².